The zero-order chi connectivity index (χ0) is 25.2. The Hall–Kier alpha value is -3.79. The van der Waals surface area contributed by atoms with E-state index in [1.54, 1.807) is 51.4 Å². The molecule has 2 N–H and O–H groups in total. The standard InChI is InChI=1S/C25H23FN4O4S/c1-25(2,3)34-24(33)19(8-14-11-27-13-28-12-14)30-22(31)15-4-6-21-18(9-15)29-23(32)17-10-16(26)5-7-20(17)35-21/h4-7,9-13,19H,8H2,1-3H3,(H,29,32)(H,30,31). The first kappa shape index (κ1) is 24.3. The lowest BCUT2D eigenvalue weighted by Crippen LogP contribution is -2.45. The first-order valence-electron chi connectivity index (χ1n) is 10.8. The van der Waals surface area contributed by atoms with Crippen molar-refractivity contribution in [3.05, 3.63) is 77.6 Å². The lowest BCUT2D eigenvalue weighted by molar-refractivity contribution is -0.157. The van der Waals surface area contributed by atoms with Crippen LogP contribution in [0, 0.1) is 5.82 Å². The van der Waals surface area contributed by atoms with Gasteiger partial charge in [0, 0.05) is 34.2 Å². The average Bonchev–Trinajstić information content (AvgIpc) is 2.93. The van der Waals surface area contributed by atoms with Crippen molar-refractivity contribution >= 4 is 35.2 Å². The highest BCUT2D eigenvalue weighted by Gasteiger charge is 2.28. The van der Waals surface area contributed by atoms with Gasteiger partial charge in [0.05, 0.1) is 11.3 Å². The number of esters is 1. The fraction of sp³-hybridized carbons (Fsp3) is 0.240. The number of benzene rings is 2. The predicted molar refractivity (Wildman–Crippen MR) is 128 cm³/mol. The van der Waals surface area contributed by atoms with E-state index in [1.165, 1.54) is 36.3 Å². The van der Waals surface area contributed by atoms with E-state index in [4.69, 9.17) is 4.74 Å². The number of hydrogen-bond donors (Lipinski definition) is 2. The lowest BCUT2D eigenvalue weighted by Gasteiger charge is -2.24. The molecule has 35 heavy (non-hydrogen) atoms. The second kappa shape index (κ2) is 9.83. The first-order valence-corrected chi connectivity index (χ1v) is 11.6. The normalized spacial score (nSPS) is 13.5. The molecule has 1 aliphatic rings. The van der Waals surface area contributed by atoms with E-state index in [1.807, 2.05) is 0 Å². The van der Waals surface area contributed by atoms with Gasteiger partial charge in [-0.3, -0.25) is 9.59 Å². The molecule has 0 radical (unpaired) electrons. The van der Waals surface area contributed by atoms with Crippen LogP contribution in [0.5, 0.6) is 0 Å². The van der Waals surface area contributed by atoms with Gasteiger partial charge in [-0.05, 0) is 62.7 Å². The number of ether oxygens (including phenoxy) is 1. The number of nitrogens with one attached hydrogen (secondary N) is 2. The van der Waals surface area contributed by atoms with Crippen molar-refractivity contribution in [3.8, 4) is 0 Å². The molecule has 4 rings (SSSR count). The second-order valence-corrected chi connectivity index (χ2v) is 10.0. The van der Waals surface area contributed by atoms with Crippen molar-refractivity contribution in [2.45, 2.75) is 48.6 Å². The van der Waals surface area contributed by atoms with E-state index in [9.17, 15) is 18.8 Å². The largest absolute Gasteiger partial charge is 0.458 e. The van der Waals surface area contributed by atoms with E-state index < -0.39 is 35.2 Å². The van der Waals surface area contributed by atoms with E-state index in [0.29, 0.717) is 21.0 Å². The minimum Gasteiger partial charge on any atom is -0.458 e. The van der Waals surface area contributed by atoms with Crippen LogP contribution in [-0.4, -0.2) is 39.4 Å². The van der Waals surface area contributed by atoms with Crippen LogP contribution in [-0.2, 0) is 16.0 Å². The smallest absolute Gasteiger partial charge is 0.329 e. The van der Waals surface area contributed by atoms with Crippen LogP contribution in [0.25, 0.3) is 0 Å². The molecule has 0 spiro atoms. The molecule has 10 heteroatoms. The third-order valence-electron chi connectivity index (χ3n) is 4.95. The van der Waals surface area contributed by atoms with Gasteiger partial charge in [-0.2, -0.15) is 0 Å². The number of carbonyl (C=O) groups excluding carboxylic acids is 3. The van der Waals surface area contributed by atoms with Gasteiger partial charge in [-0.15, -0.1) is 0 Å². The Morgan fingerprint density at radius 1 is 1.11 bits per heavy atom. The summed E-state index contributed by atoms with van der Waals surface area (Å²) in [5, 5.41) is 5.46. The molecule has 1 aromatic heterocycles. The molecule has 0 fully saturated rings. The number of aromatic nitrogens is 2. The molecule has 0 saturated heterocycles. The molecule has 180 valence electrons. The lowest BCUT2D eigenvalue weighted by atomic mass is 10.1. The van der Waals surface area contributed by atoms with Gasteiger partial charge in [0.1, 0.15) is 23.8 Å². The monoisotopic (exact) mass is 494 g/mol. The molecule has 8 nitrogen and oxygen atoms in total. The van der Waals surface area contributed by atoms with Crippen LogP contribution < -0.4 is 10.6 Å². The molecular weight excluding hydrogens is 471 g/mol. The summed E-state index contributed by atoms with van der Waals surface area (Å²) in [6.45, 7) is 5.23. The summed E-state index contributed by atoms with van der Waals surface area (Å²) < 4.78 is 19.1. The van der Waals surface area contributed by atoms with Gasteiger partial charge in [0.25, 0.3) is 11.8 Å². The van der Waals surface area contributed by atoms with Crippen LogP contribution in [0.2, 0.25) is 0 Å². The highest BCUT2D eigenvalue weighted by atomic mass is 32.2. The average molecular weight is 495 g/mol. The Morgan fingerprint density at radius 3 is 2.54 bits per heavy atom. The fourth-order valence-electron chi connectivity index (χ4n) is 3.41. The van der Waals surface area contributed by atoms with Crippen LogP contribution in [0.3, 0.4) is 0 Å². The van der Waals surface area contributed by atoms with Crippen molar-refractivity contribution in [2.75, 3.05) is 5.32 Å². The van der Waals surface area contributed by atoms with Gasteiger partial charge in [0.2, 0.25) is 0 Å². The first-order chi connectivity index (χ1) is 16.6. The van der Waals surface area contributed by atoms with Crippen molar-refractivity contribution in [1.82, 2.24) is 15.3 Å². The maximum atomic E-state index is 13.7. The van der Waals surface area contributed by atoms with Gasteiger partial charge in [-0.25, -0.2) is 19.2 Å². The molecule has 0 bridgehead atoms. The van der Waals surface area contributed by atoms with Crippen LogP contribution >= 0.6 is 11.8 Å². The van der Waals surface area contributed by atoms with Gasteiger partial charge < -0.3 is 15.4 Å². The molecule has 2 aromatic carbocycles. The van der Waals surface area contributed by atoms with Gasteiger partial charge in [0.15, 0.2) is 0 Å². The Morgan fingerprint density at radius 2 is 1.83 bits per heavy atom. The topological polar surface area (TPSA) is 110 Å². The van der Waals surface area contributed by atoms with Crippen molar-refractivity contribution in [2.24, 2.45) is 0 Å². The summed E-state index contributed by atoms with van der Waals surface area (Å²) in [5.74, 6) is -2.10. The SMILES string of the molecule is CC(C)(C)OC(=O)C(Cc1cncnc1)NC(=O)c1ccc2c(c1)NC(=O)c1cc(F)ccc1S2. The zero-order valence-corrected chi connectivity index (χ0v) is 20.1. The number of halogens is 1. The third-order valence-corrected chi connectivity index (χ3v) is 6.10. The number of anilines is 1. The predicted octanol–water partition coefficient (Wildman–Crippen LogP) is 4.02. The Kier molecular flexibility index (Phi) is 6.83. The van der Waals surface area contributed by atoms with Crippen molar-refractivity contribution < 1.29 is 23.5 Å². The summed E-state index contributed by atoms with van der Waals surface area (Å²) in [7, 11) is 0. The minimum atomic E-state index is -0.984. The second-order valence-electron chi connectivity index (χ2n) is 8.92. The maximum absolute atomic E-state index is 13.7. The van der Waals surface area contributed by atoms with E-state index in [0.717, 1.165) is 0 Å². The van der Waals surface area contributed by atoms with Crippen LogP contribution in [0.15, 0.2) is 64.9 Å². The highest BCUT2D eigenvalue weighted by Crippen LogP contribution is 2.39. The molecule has 2 amide bonds. The number of nitrogens with zero attached hydrogens (tertiary/aromatic N) is 2. The Balaban J connectivity index is 1.57. The molecule has 1 aliphatic heterocycles. The molecular formula is C25H23FN4O4S. The minimum absolute atomic E-state index is 0.139. The molecule has 0 saturated carbocycles. The molecule has 2 heterocycles. The maximum Gasteiger partial charge on any atom is 0.329 e. The highest BCUT2D eigenvalue weighted by molar-refractivity contribution is 7.99. The Bertz CT molecular complexity index is 1290. The van der Waals surface area contributed by atoms with Gasteiger partial charge in [-0.1, -0.05) is 11.8 Å². The van der Waals surface area contributed by atoms with Crippen molar-refractivity contribution in [1.29, 1.82) is 0 Å². The van der Waals surface area contributed by atoms with Gasteiger partial charge >= 0.3 is 5.97 Å². The summed E-state index contributed by atoms with van der Waals surface area (Å²) in [4.78, 5) is 47.8. The zero-order valence-electron chi connectivity index (χ0n) is 19.3. The summed E-state index contributed by atoms with van der Waals surface area (Å²) in [5.41, 5.74) is 0.772. The van der Waals surface area contributed by atoms with Crippen LogP contribution in [0.4, 0.5) is 10.1 Å². The van der Waals surface area contributed by atoms with Crippen molar-refractivity contribution in [3.63, 3.8) is 0 Å². The number of fused-ring (bicyclic) bond motifs is 2. The molecule has 1 atom stereocenters. The quantitative estimate of drug-likeness (QED) is 0.516. The van der Waals surface area contributed by atoms with E-state index >= 15 is 0 Å². The molecule has 0 aliphatic carbocycles. The fourth-order valence-corrected chi connectivity index (χ4v) is 4.40. The third kappa shape index (κ3) is 6.02. The van der Waals surface area contributed by atoms with E-state index in [2.05, 4.69) is 20.6 Å². The summed E-state index contributed by atoms with van der Waals surface area (Å²) in [6, 6.07) is 7.85. The molecule has 1 unspecified atom stereocenters. The number of hydrogen-bond acceptors (Lipinski definition) is 7. The summed E-state index contributed by atoms with van der Waals surface area (Å²) in [6.07, 6.45) is 4.64. The summed E-state index contributed by atoms with van der Waals surface area (Å²) >= 11 is 1.29. The molecule has 3 aromatic rings. The number of rotatable bonds is 5. The van der Waals surface area contributed by atoms with Crippen LogP contribution in [0.1, 0.15) is 47.1 Å². The number of carbonyl (C=O) groups is 3. The number of amides is 2. The van der Waals surface area contributed by atoms with E-state index in [-0.39, 0.29) is 17.5 Å². The Labute approximate surface area is 205 Å².